The molecule has 2 heteroatoms. The molecule has 0 aromatic heterocycles. The van der Waals surface area contributed by atoms with Gasteiger partial charge in [0.1, 0.15) is 0 Å². The van der Waals surface area contributed by atoms with E-state index in [-0.39, 0.29) is 0 Å². The van der Waals surface area contributed by atoms with Crippen molar-refractivity contribution in [3.05, 3.63) is 12.2 Å². The molecule has 0 aliphatic heterocycles. The Kier molecular flexibility index (Phi) is 1.12. The van der Waals surface area contributed by atoms with Gasteiger partial charge in [0.2, 0.25) is 0 Å². The molecule has 6 rings (SSSR count). The lowest BCUT2D eigenvalue weighted by Crippen LogP contribution is -2.29. The molecule has 2 bridgehead atoms. The Morgan fingerprint density at radius 2 is 1.59 bits per heavy atom. The standard InChI is InChI=1S/C15H16BrF/c16-15(17)11-9-7-1-2-8(13(7)3-4-13)10(9)14(5-6-14)12(11)15/h1-2,7-12H,3-6H2. The molecule has 0 saturated heterocycles. The van der Waals surface area contributed by atoms with E-state index < -0.39 is 4.58 Å². The van der Waals surface area contributed by atoms with Crippen LogP contribution < -0.4 is 0 Å². The van der Waals surface area contributed by atoms with Crippen molar-refractivity contribution in [1.82, 2.24) is 0 Å². The summed E-state index contributed by atoms with van der Waals surface area (Å²) in [6, 6.07) is 0. The Hall–Kier alpha value is 0.150. The van der Waals surface area contributed by atoms with Gasteiger partial charge < -0.3 is 0 Å². The van der Waals surface area contributed by atoms with E-state index in [9.17, 15) is 4.39 Å². The quantitative estimate of drug-likeness (QED) is 0.469. The minimum atomic E-state index is -0.973. The van der Waals surface area contributed by atoms with Crippen molar-refractivity contribution < 1.29 is 4.39 Å². The monoisotopic (exact) mass is 294 g/mol. The molecule has 5 saturated carbocycles. The number of halogens is 2. The summed E-state index contributed by atoms with van der Waals surface area (Å²) in [7, 11) is 0. The van der Waals surface area contributed by atoms with Crippen LogP contribution in [0.25, 0.3) is 0 Å². The largest absolute Gasteiger partial charge is 0.231 e. The Labute approximate surface area is 109 Å². The van der Waals surface area contributed by atoms with Gasteiger partial charge in [-0.2, -0.15) is 0 Å². The van der Waals surface area contributed by atoms with Crippen LogP contribution in [0.5, 0.6) is 0 Å². The van der Waals surface area contributed by atoms with Crippen LogP contribution in [0.15, 0.2) is 12.2 Å². The Morgan fingerprint density at radius 1 is 0.941 bits per heavy atom. The van der Waals surface area contributed by atoms with E-state index in [2.05, 4.69) is 28.1 Å². The molecule has 0 N–H and O–H groups in total. The molecular weight excluding hydrogens is 279 g/mol. The fourth-order valence-electron chi connectivity index (χ4n) is 6.86. The molecule has 0 amide bonds. The van der Waals surface area contributed by atoms with E-state index in [1.807, 2.05) is 0 Å². The fraction of sp³-hybridized carbons (Fsp3) is 0.867. The van der Waals surface area contributed by atoms with Gasteiger partial charge in [-0.25, -0.2) is 4.39 Å². The maximum Gasteiger partial charge on any atom is 0.172 e. The van der Waals surface area contributed by atoms with E-state index in [1.165, 1.54) is 25.7 Å². The van der Waals surface area contributed by atoms with Crippen molar-refractivity contribution in [1.29, 1.82) is 0 Å². The summed E-state index contributed by atoms with van der Waals surface area (Å²) in [5.74, 6) is 3.91. The predicted octanol–water partition coefficient (Wildman–Crippen LogP) is 3.92. The number of fused-ring (bicyclic) bond motifs is 7. The molecule has 0 aromatic rings. The highest BCUT2D eigenvalue weighted by Gasteiger charge is 2.90. The summed E-state index contributed by atoms with van der Waals surface area (Å²) in [4.78, 5) is 0. The third kappa shape index (κ3) is 0.676. The van der Waals surface area contributed by atoms with E-state index in [1.54, 1.807) is 0 Å². The zero-order chi connectivity index (χ0) is 11.2. The van der Waals surface area contributed by atoms with Crippen LogP contribution in [0.3, 0.4) is 0 Å². The molecule has 17 heavy (non-hydrogen) atoms. The summed E-state index contributed by atoms with van der Waals surface area (Å²) < 4.78 is 13.6. The Balaban J connectivity index is 1.57. The molecular formula is C15H16BrF. The maximum absolute atomic E-state index is 14.6. The lowest BCUT2D eigenvalue weighted by molar-refractivity contribution is 0.165. The van der Waals surface area contributed by atoms with Crippen LogP contribution in [0, 0.1) is 46.3 Å². The lowest BCUT2D eigenvalue weighted by atomic mass is 9.74. The third-order valence-electron chi connectivity index (χ3n) is 7.53. The van der Waals surface area contributed by atoms with Gasteiger partial charge in [-0.3, -0.25) is 0 Å². The summed E-state index contributed by atoms with van der Waals surface area (Å²) in [6.07, 6.45) is 10.5. The minimum absolute atomic E-state index is 0.368. The third-order valence-corrected chi connectivity index (χ3v) is 8.55. The topological polar surface area (TPSA) is 0 Å². The zero-order valence-electron chi connectivity index (χ0n) is 9.70. The number of rotatable bonds is 0. The van der Waals surface area contributed by atoms with Crippen molar-refractivity contribution in [3.8, 4) is 0 Å². The van der Waals surface area contributed by atoms with Crippen LogP contribution in [-0.2, 0) is 0 Å². The van der Waals surface area contributed by atoms with Gasteiger partial charge >= 0.3 is 0 Å². The molecule has 0 heterocycles. The lowest BCUT2D eigenvalue weighted by Gasteiger charge is -2.31. The first-order valence-corrected chi connectivity index (χ1v) is 7.98. The molecule has 2 spiro atoms. The molecule has 7 unspecified atom stereocenters. The summed E-state index contributed by atoms with van der Waals surface area (Å²) in [5, 5.41) is 0. The highest BCUT2D eigenvalue weighted by atomic mass is 79.9. The second kappa shape index (κ2) is 2.09. The van der Waals surface area contributed by atoms with Crippen LogP contribution in [0.4, 0.5) is 4.39 Å². The Morgan fingerprint density at radius 3 is 2.24 bits per heavy atom. The highest BCUT2D eigenvalue weighted by molar-refractivity contribution is 9.10. The number of alkyl halides is 2. The highest BCUT2D eigenvalue weighted by Crippen LogP contribution is 2.92. The smallest absolute Gasteiger partial charge is 0.172 e. The van der Waals surface area contributed by atoms with Crippen LogP contribution in [0.2, 0.25) is 0 Å². The van der Waals surface area contributed by atoms with E-state index in [0.717, 1.165) is 17.8 Å². The molecule has 6 aliphatic rings. The van der Waals surface area contributed by atoms with Crippen molar-refractivity contribution in [2.75, 3.05) is 0 Å². The van der Waals surface area contributed by atoms with Crippen LogP contribution in [-0.4, -0.2) is 4.58 Å². The van der Waals surface area contributed by atoms with Crippen molar-refractivity contribution in [3.63, 3.8) is 0 Å². The summed E-state index contributed by atoms with van der Waals surface area (Å²) >= 11 is 3.42. The molecule has 0 nitrogen and oxygen atoms in total. The first-order chi connectivity index (χ1) is 8.13. The molecule has 7 atom stereocenters. The predicted molar refractivity (Wildman–Crippen MR) is 66.2 cm³/mol. The summed E-state index contributed by atoms with van der Waals surface area (Å²) in [6.45, 7) is 0. The first kappa shape index (κ1) is 9.12. The van der Waals surface area contributed by atoms with Gasteiger partial charge in [0.05, 0.1) is 0 Å². The van der Waals surface area contributed by atoms with Gasteiger partial charge in [-0.1, -0.05) is 12.2 Å². The molecule has 0 aromatic carbocycles. The SMILES string of the molecule is FC1(Br)C2C3C4C=CC(C3C3(CC3)C21)C41CC1. The van der Waals surface area contributed by atoms with E-state index in [0.29, 0.717) is 28.6 Å². The average Bonchev–Trinajstić information content (AvgIpc) is 3.13. The van der Waals surface area contributed by atoms with Gasteiger partial charge in [0, 0.05) is 11.8 Å². The fourth-order valence-corrected chi connectivity index (χ4v) is 8.04. The molecule has 6 aliphatic carbocycles. The van der Waals surface area contributed by atoms with Gasteiger partial charge in [0.15, 0.2) is 4.58 Å². The van der Waals surface area contributed by atoms with Gasteiger partial charge in [-0.05, 0) is 76.1 Å². The zero-order valence-corrected chi connectivity index (χ0v) is 11.3. The van der Waals surface area contributed by atoms with Crippen molar-refractivity contribution in [2.45, 2.75) is 30.3 Å². The van der Waals surface area contributed by atoms with Crippen molar-refractivity contribution in [2.24, 2.45) is 46.3 Å². The minimum Gasteiger partial charge on any atom is -0.231 e. The van der Waals surface area contributed by atoms with E-state index >= 15 is 0 Å². The second-order valence-electron chi connectivity index (χ2n) is 7.68. The average molecular weight is 295 g/mol. The second-order valence-corrected chi connectivity index (χ2v) is 8.90. The normalized spacial score (nSPS) is 68.6. The van der Waals surface area contributed by atoms with Gasteiger partial charge in [-0.15, -0.1) is 0 Å². The summed E-state index contributed by atoms with van der Waals surface area (Å²) in [5.41, 5.74) is 1.08. The number of hydrogen-bond donors (Lipinski definition) is 0. The number of allylic oxidation sites excluding steroid dienone is 2. The van der Waals surface area contributed by atoms with Gasteiger partial charge in [0.25, 0.3) is 0 Å². The van der Waals surface area contributed by atoms with Crippen molar-refractivity contribution >= 4 is 15.9 Å². The van der Waals surface area contributed by atoms with Crippen LogP contribution >= 0.6 is 15.9 Å². The van der Waals surface area contributed by atoms with E-state index in [4.69, 9.17) is 0 Å². The molecule has 90 valence electrons. The molecule has 5 fully saturated rings. The molecule has 0 radical (unpaired) electrons. The Bertz CT molecular complexity index is 485. The van der Waals surface area contributed by atoms with Crippen LogP contribution in [0.1, 0.15) is 25.7 Å². The maximum atomic E-state index is 14.6. The number of hydrogen-bond acceptors (Lipinski definition) is 0. The first-order valence-electron chi connectivity index (χ1n) is 7.19.